The number of aryl methyl sites for hydroxylation is 1. The molecule has 6 aromatic rings. The zero-order valence-electron chi connectivity index (χ0n) is 21.2. The molecule has 0 spiro atoms. The molecule has 0 saturated carbocycles. The minimum atomic E-state index is -0.185. The van der Waals surface area contributed by atoms with Crippen LogP contribution in [0.2, 0.25) is 0 Å². The Labute approximate surface area is 232 Å². The monoisotopic (exact) mass is 569 g/mol. The Bertz CT molecular complexity index is 1900. The number of hydrogen-bond donors (Lipinski definition) is 0. The molecule has 1 aliphatic rings. The summed E-state index contributed by atoms with van der Waals surface area (Å²) >= 11 is -0.102. The SMILES string of the molecule is Cc1ccc(N(c2ccc(C=C3C(=O)c4cc5ccccc5cc4C3=O)[se]2)c2cccc3ccccc23)cc1. The summed E-state index contributed by atoms with van der Waals surface area (Å²) < 4.78 is 2.15. The van der Waals surface area contributed by atoms with Gasteiger partial charge in [-0.3, -0.25) is 0 Å². The quantitative estimate of drug-likeness (QED) is 0.122. The van der Waals surface area contributed by atoms with Crippen molar-refractivity contribution in [2.45, 2.75) is 6.92 Å². The second kappa shape index (κ2) is 9.36. The molecule has 0 amide bonds. The third kappa shape index (κ3) is 4.06. The number of ketones is 2. The first-order valence-electron chi connectivity index (χ1n) is 12.9. The summed E-state index contributed by atoms with van der Waals surface area (Å²) in [5.74, 6) is -0.370. The van der Waals surface area contributed by atoms with Crippen LogP contribution in [0.1, 0.15) is 30.7 Å². The number of nitrogens with zero attached hydrogens (tertiary/aromatic N) is 1. The van der Waals surface area contributed by atoms with E-state index in [2.05, 4.69) is 90.7 Å². The Kier molecular flexibility index (Phi) is 5.66. The predicted molar refractivity (Wildman–Crippen MR) is 161 cm³/mol. The van der Waals surface area contributed by atoms with Crippen LogP contribution in [-0.4, -0.2) is 26.1 Å². The predicted octanol–water partition coefficient (Wildman–Crippen LogP) is 8.29. The molecule has 1 aliphatic carbocycles. The van der Waals surface area contributed by atoms with E-state index in [1.807, 2.05) is 42.5 Å². The van der Waals surface area contributed by atoms with Crippen molar-refractivity contribution in [3.05, 3.63) is 142 Å². The van der Waals surface area contributed by atoms with Crippen molar-refractivity contribution in [2.24, 2.45) is 0 Å². The van der Waals surface area contributed by atoms with Gasteiger partial charge in [0.25, 0.3) is 0 Å². The molecule has 1 aromatic heterocycles. The summed E-state index contributed by atoms with van der Waals surface area (Å²) in [5, 5.41) is 4.29. The van der Waals surface area contributed by atoms with Crippen molar-refractivity contribution in [1.29, 1.82) is 0 Å². The van der Waals surface area contributed by atoms with E-state index in [4.69, 9.17) is 0 Å². The third-order valence-electron chi connectivity index (χ3n) is 7.28. The first kappa shape index (κ1) is 23.6. The fourth-order valence-corrected chi connectivity index (χ4v) is 7.37. The zero-order chi connectivity index (χ0) is 26.5. The summed E-state index contributed by atoms with van der Waals surface area (Å²) in [6.45, 7) is 2.09. The Hall–Kier alpha value is -4.50. The van der Waals surface area contributed by atoms with Gasteiger partial charge in [0, 0.05) is 0 Å². The number of rotatable bonds is 4. The molecule has 0 fully saturated rings. The Morgan fingerprint density at radius 2 is 1.26 bits per heavy atom. The summed E-state index contributed by atoms with van der Waals surface area (Å²) in [6, 6.07) is 39.1. The van der Waals surface area contributed by atoms with Crippen LogP contribution in [0.4, 0.5) is 15.9 Å². The molecule has 7 rings (SSSR count). The third-order valence-corrected chi connectivity index (χ3v) is 9.42. The van der Waals surface area contributed by atoms with Crippen molar-refractivity contribution < 1.29 is 9.59 Å². The van der Waals surface area contributed by atoms with Gasteiger partial charge in [-0.05, 0) is 0 Å². The summed E-state index contributed by atoms with van der Waals surface area (Å²) in [4.78, 5) is 29.0. The van der Waals surface area contributed by atoms with E-state index in [0.717, 1.165) is 31.1 Å². The molecule has 0 unspecified atom stereocenters. The summed E-state index contributed by atoms with van der Waals surface area (Å²) in [7, 11) is 0. The van der Waals surface area contributed by atoms with Crippen molar-refractivity contribution >= 4 is 69.6 Å². The number of hydrogen-bond acceptors (Lipinski definition) is 3. The van der Waals surface area contributed by atoms with Gasteiger partial charge in [-0.15, -0.1) is 0 Å². The fraction of sp³-hybridized carbons (Fsp3) is 0.0286. The van der Waals surface area contributed by atoms with Gasteiger partial charge in [-0.25, -0.2) is 0 Å². The van der Waals surface area contributed by atoms with E-state index in [1.165, 1.54) is 16.3 Å². The normalized spacial score (nSPS) is 12.8. The van der Waals surface area contributed by atoms with Gasteiger partial charge in [-0.1, -0.05) is 0 Å². The van der Waals surface area contributed by atoms with Crippen LogP contribution in [0.25, 0.3) is 27.6 Å². The Morgan fingerprint density at radius 3 is 1.95 bits per heavy atom. The molecular weight excluding hydrogens is 545 g/mol. The second-order valence-electron chi connectivity index (χ2n) is 9.81. The van der Waals surface area contributed by atoms with Crippen LogP contribution in [0, 0.1) is 6.92 Å². The maximum atomic E-state index is 13.3. The van der Waals surface area contributed by atoms with Gasteiger partial charge < -0.3 is 0 Å². The summed E-state index contributed by atoms with van der Waals surface area (Å²) in [6.07, 6.45) is 1.81. The van der Waals surface area contributed by atoms with Crippen LogP contribution in [-0.2, 0) is 0 Å². The van der Waals surface area contributed by atoms with E-state index in [0.29, 0.717) is 11.1 Å². The standard InChI is InChI=1S/C35H23NO2Se/c1-22-13-15-26(16-14-22)36(32-12-6-10-23-7-4-5-11-28(23)32)33-18-17-27(39-33)21-31-34(37)29-19-24-8-2-3-9-25(24)20-30(29)35(31)38/h2-21H,1H3. The number of allylic oxidation sites excluding steroid dienone is 1. The fourth-order valence-electron chi connectivity index (χ4n) is 5.30. The van der Waals surface area contributed by atoms with Crippen LogP contribution in [0.15, 0.2) is 121 Å². The van der Waals surface area contributed by atoms with Gasteiger partial charge in [0.2, 0.25) is 0 Å². The molecule has 0 saturated heterocycles. The second-order valence-corrected chi connectivity index (χ2v) is 12.1. The van der Waals surface area contributed by atoms with Crippen molar-refractivity contribution in [3.8, 4) is 0 Å². The van der Waals surface area contributed by atoms with E-state index >= 15 is 0 Å². The van der Waals surface area contributed by atoms with Gasteiger partial charge >= 0.3 is 233 Å². The number of Topliss-reactive ketones (excluding diaryl/α,β-unsaturated/α-hetero) is 2. The molecule has 0 radical (unpaired) electrons. The van der Waals surface area contributed by atoms with Crippen LogP contribution in [0.5, 0.6) is 0 Å². The first-order valence-corrected chi connectivity index (χ1v) is 14.6. The van der Waals surface area contributed by atoms with Gasteiger partial charge in [0.05, 0.1) is 0 Å². The summed E-state index contributed by atoms with van der Waals surface area (Å²) in [5.41, 5.74) is 4.66. The molecule has 39 heavy (non-hydrogen) atoms. The zero-order valence-corrected chi connectivity index (χ0v) is 22.9. The Morgan fingerprint density at radius 1 is 0.641 bits per heavy atom. The minimum absolute atomic E-state index is 0.102. The van der Waals surface area contributed by atoms with Crippen LogP contribution < -0.4 is 4.90 Å². The average Bonchev–Trinajstić information content (AvgIpc) is 3.52. The number of benzene rings is 5. The van der Waals surface area contributed by atoms with Crippen molar-refractivity contribution in [1.82, 2.24) is 0 Å². The van der Waals surface area contributed by atoms with Gasteiger partial charge in [0.1, 0.15) is 0 Å². The molecule has 0 N–H and O–H groups in total. The van der Waals surface area contributed by atoms with Crippen LogP contribution >= 0.6 is 0 Å². The molecule has 1 heterocycles. The number of anilines is 3. The topological polar surface area (TPSA) is 37.4 Å². The molecule has 3 nitrogen and oxygen atoms in total. The van der Waals surface area contributed by atoms with Crippen molar-refractivity contribution in [3.63, 3.8) is 0 Å². The first-order chi connectivity index (χ1) is 19.1. The molecule has 0 aliphatic heterocycles. The molecule has 0 atom stereocenters. The number of carbonyl (C=O) groups excluding carboxylic acids is 2. The van der Waals surface area contributed by atoms with E-state index < -0.39 is 0 Å². The molecule has 5 aromatic carbocycles. The van der Waals surface area contributed by atoms with E-state index in [9.17, 15) is 9.59 Å². The van der Waals surface area contributed by atoms with Crippen LogP contribution in [0.3, 0.4) is 0 Å². The molecule has 4 heteroatoms. The number of carbonyl (C=O) groups is 2. The van der Waals surface area contributed by atoms with E-state index in [1.54, 1.807) is 0 Å². The molecule has 186 valence electrons. The van der Waals surface area contributed by atoms with E-state index in [-0.39, 0.29) is 31.6 Å². The van der Waals surface area contributed by atoms with Crippen molar-refractivity contribution in [2.75, 3.05) is 4.90 Å². The Balaban J connectivity index is 1.32. The van der Waals surface area contributed by atoms with Gasteiger partial charge in [0.15, 0.2) is 0 Å². The van der Waals surface area contributed by atoms with Gasteiger partial charge in [-0.2, -0.15) is 0 Å². The molecule has 0 bridgehead atoms. The number of fused-ring (bicyclic) bond motifs is 3. The molecular formula is C35H23NO2Se. The maximum absolute atomic E-state index is 13.3. The average molecular weight is 569 g/mol.